The lowest BCUT2D eigenvalue weighted by atomic mass is 10.2. The van der Waals surface area contributed by atoms with Gasteiger partial charge >= 0.3 is 0 Å². The summed E-state index contributed by atoms with van der Waals surface area (Å²) < 4.78 is 3.26. The summed E-state index contributed by atoms with van der Waals surface area (Å²) in [5.74, 6) is 1.03. The summed E-state index contributed by atoms with van der Waals surface area (Å²) in [7, 11) is 0. The lowest BCUT2D eigenvalue weighted by molar-refractivity contribution is 0.740. The van der Waals surface area contributed by atoms with E-state index in [0.29, 0.717) is 23.7 Å². The molecule has 0 saturated heterocycles. The third kappa shape index (κ3) is 2.79. The summed E-state index contributed by atoms with van der Waals surface area (Å²) in [5.41, 5.74) is 8.79. The molecule has 3 aromatic heterocycles. The van der Waals surface area contributed by atoms with E-state index in [2.05, 4.69) is 15.4 Å². The van der Waals surface area contributed by atoms with Crippen LogP contribution in [0.25, 0.3) is 11.2 Å². The summed E-state index contributed by atoms with van der Waals surface area (Å²) >= 11 is 0. The highest BCUT2D eigenvalue weighted by molar-refractivity contribution is 5.51. The largest absolute Gasteiger partial charge is 0.384 e. The molecule has 7 nitrogen and oxygen atoms in total. The molecule has 3 heterocycles. The second-order valence-electron chi connectivity index (χ2n) is 6.00. The number of pyridine rings is 1. The first-order valence-electron chi connectivity index (χ1n) is 8.24. The van der Waals surface area contributed by atoms with Crippen LogP contribution in [0.4, 0.5) is 11.5 Å². The number of nitrogens with zero attached hydrogens (tertiary/aromatic N) is 4. The van der Waals surface area contributed by atoms with E-state index in [1.165, 1.54) is 0 Å². The number of anilines is 2. The van der Waals surface area contributed by atoms with Gasteiger partial charge in [-0.1, -0.05) is 18.2 Å². The fourth-order valence-corrected chi connectivity index (χ4v) is 2.95. The molecule has 4 aromatic rings. The topological polar surface area (TPSA) is 90.2 Å². The number of para-hydroxylation sites is 1. The number of fused-ring (bicyclic) bond motifs is 1. The number of rotatable bonds is 4. The van der Waals surface area contributed by atoms with Crippen molar-refractivity contribution >= 4 is 17.0 Å². The lowest BCUT2D eigenvalue weighted by Crippen LogP contribution is -2.28. The first kappa shape index (κ1) is 15.9. The molecule has 0 bridgehead atoms. The summed E-state index contributed by atoms with van der Waals surface area (Å²) in [6, 6.07) is 14.9. The predicted molar refractivity (Wildman–Crippen MR) is 102 cm³/mol. The quantitative estimate of drug-likeness (QED) is 0.592. The van der Waals surface area contributed by atoms with Crippen LogP contribution in [0.3, 0.4) is 0 Å². The van der Waals surface area contributed by atoms with E-state index in [-0.39, 0.29) is 5.56 Å². The molecular formula is C19H18N6O. The second-order valence-corrected chi connectivity index (χ2v) is 6.00. The summed E-state index contributed by atoms with van der Waals surface area (Å²) in [4.78, 5) is 17.1. The van der Waals surface area contributed by atoms with Crippen molar-refractivity contribution in [3.8, 4) is 5.69 Å². The molecule has 0 unspecified atom stereocenters. The Morgan fingerprint density at radius 1 is 1.15 bits per heavy atom. The zero-order valence-electron chi connectivity index (χ0n) is 14.3. The van der Waals surface area contributed by atoms with Gasteiger partial charge in [-0.25, -0.2) is 9.50 Å². The van der Waals surface area contributed by atoms with Crippen molar-refractivity contribution in [2.45, 2.75) is 13.5 Å². The zero-order valence-corrected chi connectivity index (χ0v) is 14.3. The first-order valence-corrected chi connectivity index (χ1v) is 8.24. The molecular weight excluding hydrogens is 328 g/mol. The van der Waals surface area contributed by atoms with Gasteiger partial charge in [-0.3, -0.25) is 9.36 Å². The average molecular weight is 346 g/mol. The minimum absolute atomic E-state index is 0.106. The summed E-state index contributed by atoms with van der Waals surface area (Å²) in [5, 5.41) is 7.88. The van der Waals surface area contributed by atoms with Crippen LogP contribution in [-0.4, -0.2) is 19.2 Å². The van der Waals surface area contributed by atoms with Crippen molar-refractivity contribution in [3.63, 3.8) is 0 Å². The Hall–Kier alpha value is -3.61. The van der Waals surface area contributed by atoms with E-state index >= 15 is 0 Å². The lowest BCUT2D eigenvalue weighted by Gasteiger charge is -2.15. The number of nitrogens with one attached hydrogen (secondary N) is 1. The number of nitrogens with two attached hydrogens (primary N) is 1. The molecule has 26 heavy (non-hydrogen) atoms. The number of aromatic nitrogens is 4. The Kier molecular flexibility index (Phi) is 3.89. The molecule has 0 aliphatic rings. The molecule has 4 rings (SSSR count). The van der Waals surface area contributed by atoms with E-state index in [1.54, 1.807) is 33.6 Å². The second kappa shape index (κ2) is 6.36. The van der Waals surface area contributed by atoms with Crippen molar-refractivity contribution < 1.29 is 0 Å². The molecule has 7 heteroatoms. The third-order valence-corrected chi connectivity index (χ3v) is 4.22. The maximum atomic E-state index is 13.1. The molecule has 130 valence electrons. The smallest absolute Gasteiger partial charge is 0.282 e. The molecule has 0 aliphatic carbocycles. The maximum Gasteiger partial charge on any atom is 0.282 e. The number of hydrogen-bond donors (Lipinski definition) is 2. The Bertz CT molecular complexity index is 1140. The monoisotopic (exact) mass is 346 g/mol. The van der Waals surface area contributed by atoms with Gasteiger partial charge in [-0.05, 0) is 36.8 Å². The highest BCUT2D eigenvalue weighted by Gasteiger charge is 2.14. The average Bonchev–Trinajstić information content (AvgIpc) is 3.10. The van der Waals surface area contributed by atoms with Crippen molar-refractivity contribution in [1.82, 2.24) is 19.2 Å². The van der Waals surface area contributed by atoms with E-state index in [0.717, 1.165) is 16.9 Å². The van der Waals surface area contributed by atoms with Crippen LogP contribution in [0.1, 0.15) is 11.4 Å². The van der Waals surface area contributed by atoms with Gasteiger partial charge in [0.1, 0.15) is 11.3 Å². The molecule has 0 atom stereocenters. The minimum atomic E-state index is -0.106. The van der Waals surface area contributed by atoms with Crippen LogP contribution < -0.4 is 16.6 Å². The molecule has 1 aromatic carbocycles. The number of benzene rings is 1. The minimum Gasteiger partial charge on any atom is -0.384 e. The van der Waals surface area contributed by atoms with Gasteiger partial charge in [0, 0.05) is 24.1 Å². The van der Waals surface area contributed by atoms with Crippen LogP contribution >= 0.6 is 0 Å². The van der Waals surface area contributed by atoms with Gasteiger partial charge in [0.2, 0.25) is 0 Å². The molecule has 0 saturated carbocycles. The van der Waals surface area contributed by atoms with E-state index in [4.69, 9.17) is 5.73 Å². The fourth-order valence-electron chi connectivity index (χ4n) is 2.95. The number of nitrogen functional groups attached to an aromatic ring is 1. The molecule has 3 N–H and O–H groups in total. The Morgan fingerprint density at radius 3 is 2.81 bits per heavy atom. The normalized spacial score (nSPS) is 11.0. The molecule has 0 radical (unpaired) electrons. The highest BCUT2D eigenvalue weighted by Crippen LogP contribution is 2.16. The SMILES string of the molecule is Cc1ccccc1-n1c(CNc2ccnc(N)c2)nn2cccc2c1=O. The van der Waals surface area contributed by atoms with Crippen LogP contribution in [0.5, 0.6) is 0 Å². The zero-order chi connectivity index (χ0) is 18.1. The van der Waals surface area contributed by atoms with Gasteiger partial charge < -0.3 is 11.1 Å². The Balaban J connectivity index is 1.83. The van der Waals surface area contributed by atoms with Crippen LogP contribution in [-0.2, 0) is 6.54 Å². The van der Waals surface area contributed by atoms with Gasteiger partial charge in [0.05, 0.1) is 12.2 Å². The molecule has 0 fully saturated rings. The third-order valence-electron chi connectivity index (χ3n) is 4.22. The molecule has 0 spiro atoms. The number of hydrogen-bond acceptors (Lipinski definition) is 5. The highest BCUT2D eigenvalue weighted by atomic mass is 16.1. The first-order chi connectivity index (χ1) is 12.6. The van der Waals surface area contributed by atoms with Gasteiger partial charge in [0.25, 0.3) is 5.56 Å². The van der Waals surface area contributed by atoms with Crippen molar-refractivity contribution in [1.29, 1.82) is 0 Å². The standard InChI is InChI=1S/C19H18N6O/c1-13-5-2-3-6-15(13)25-18(12-22-14-8-9-21-17(20)11-14)23-24-10-4-7-16(24)19(25)26/h2-11H,12H2,1H3,(H3,20,21,22). The van der Waals surface area contributed by atoms with Crippen molar-refractivity contribution in [2.24, 2.45) is 0 Å². The van der Waals surface area contributed by atoms with E-state index < -0.39 is 0 Å². The van der Waals surface area contributed by atoms with Crippen LogP contribution in [0.2, 0.25) is 0 Å². The van der Waals surface area contributed by atoms with Gasteiger partial charge in [-0.15, -0.1) is 0 Å². The van der Waals surface area contributed by atoms with E-state index in [1.807, 2.05) is 43.3 Å². The Labute approximate surface area is 149 Å². The fraction of sp³-hybridized carbons (Fsp3) is 0.105. The van der Waals surface area contributed by atoms with Crippen molar-refractivity contribution in [3.05, 3.63) is 82.7 Å². The van der Waals surface area contributed by atoms with E-state index in [9.17, 15) is 4.79 Å². The molecule has 0 amide bonds. The van der Waals surface area contributed by atoms with Gasteiger partial charge in [-0.2, -0.15) is 5.10 Å². The van der Waals surface area contributed by atoms with Crippen LogP contribution in [0.15, 0.2) is 65.7 Å². The maximum absolute atomic E-state index is 13.1. The van der Waals surface area contributed by atoms with Crippen LogP contribution in [0, 0.1) is 6.92 Å². The Morgan fingerprint density at radius 2 is 2.00 bits per heavy atom. The number of aryl methyl sites for hydroxylation is 1. The van der Waals surface area contributed by atoms with Gasteiger partial charge in [0.15, 0.2) is 5.82 Å². The predicted octanol–water partition coefficient (Wildman–Crippen LogP) is 2.38. The summed E-state index contributed by atoms with van der Waals surface area (Å²) in [6.07, 6.45) is 3.40. The molecule has 0 aliphatic heterocycles. The van der Waals surface area contributed by atoms with Crippen molar-refractivity contribution in [2.75, 3.05) is 11.1 Å². The summed E-state index contributed by atoms with van der Waals surface area (Å²) in [6.45, 7) is 2.34.